The van der Waals surface area contributed by atoms with E-state index in [9.17, 15) is 0 Å². The summed E-state index contributed by atoms with van der Waals surface area (Å²) in [6.45, 7) is 6.08. The molecule has 1 aromatic carbocycles. The highest BCUT2D eigenvalue weighted by Crippen LogP contribution is 2.26. The second-order valence-corrected chi connectivity index (χ2v) is 4.61. The van der Waals surface area contributed by atoms with Crippen LogP contribution in [0.4, 0.5) is 0 Å². The largest absolute Gasteiger partial charge is 0.378 e. The summed E-state index contributed by atoms with van der Waals surface area (Å²) < 4.78 is 5.77. The van der Waals surface area contributed by atoms with Crippen LogP contribution in [0.3, 0.4) is 0 Å². The Hall–Kier alpha value is -0.860. The molecule has 0 aliphatic carbocycles. The molecule has 88 valence electrons. The minimum atomic E-state index is 0.165. The summed E-state index contributed by atoms with van der Waals surface area (Å²) in [4.78, 5) is 0. The van der Waals surface area contributed by atoms with Crippen molar-refractivity contribution < 1.29 is 4.74 Å². The predicted octanol–water partition coefficient (Wildman–Crippen LogP) is 2.91. The molecule has 1 heterocycles. The molecular weight excluding hydrogens is 198 g/mol. The quantitative estimate of drug-likeness (QED) is 0.844. The maximum atomic E-state index is 5.77. The van der Waals surface area contributed by atoms with Gasteiger partial charge in [0.2, 0.25) is 0 Å². The first-order valence-corrected chi connectivity index (χ1v) is 6.20. The maximum absolute atomic E-state index is 5.77. The van der Waals surface area contributed by atoms with Gasteiger partial charge in [-0.15, -0.1) is 0 Å². The van der Waals surface area contributed by atoms with Gasteiger partial charge in [-0.3, -0.25) is 0 Å². The Labute approximate surface area is 98.0 Å². The van der Waals surface area contributed by atoms with Crippen molar-refractivity contribution >= 4 is 0 Å². The van der Waals surface area contributed by atoms with Gasteiger partial charge in [-0.25, -0.2) is 0 Å². The Kier molecular flexibility index (Phi) is 3.62. The lowest BCUT2D eigenvalue weighted by molar-refractivity contribution is -0.00599. The Morgan fingerprint density at radius 2 is 1.94 bits per heavy atom. The highest BCUT2D eigenvalue weighted by molar-refractivity contribution is 5.20. The van der Waals surface area contributed by atoms with Crippen molar-refractivity contribution in [1.82, 2.24) is 5.32 Å². The zero-order valence-electron chi connectivity index (χ0n) is 10.2. The first-order chi connectivity index (χ1) is 7.79. The van der Waals surface area contributed by atoms with Crippen LogP contribution >= 0.6 is 0 Å². The van der Waals surface area contributed by atoms with Crippen LogP contribution in [0.2, 0.25) is 0 Å². The fraction of sp³-hybridized carbons (Fsp3) is 0.571. The van der Waals surface area contributed by atoms with E-state index in [0.29, 0.717) is 6.04 Å². The van der Waals surface area contributed by atoms with Gasteiger partial charge in [-0.1, -0.05) is 44.2 Å². The van der Waals surface area contributed by atoms with Crippen LogP contribution in [0, 0.1) is 0 Å². The van der Waals surface area contributed by atoms with Gasteiger partial charge in [-0.05, 0) is 18.4 Å². The summed E-state index contributed by atoms with van der Waals surface area (Å²) in [6.07, 6.45) is 2.24. The molecule has 16 heavy (non-hydrogen) atoms. The topological polar surface area (TPSA) is 21.3 Å². The fourth-order valence-corrected chi connectivity index (χ4v) is 2.35. The summed E-state index contributed by atoms with van der Waals surface area (Å²) >= 11 is 0. The monoisotopic (exact) mass is 219 g/mol. The average Bonchev–Trinajstić information content (AvgIpc) is 2.40. The van der Waals surface area contributed by atoms with E-state index in [1.807, 2.05) is 0 Å². The van der Waals surface area contributed by atoms with E-state index in [-0.39, 0.29) is 5.54 Å². The van der Waals surface area contributed by atoms with E-state index >= 15 is 0 Å². The summed E-state index contributed by atoms with van der Waals surface area (Å²) in [5.41, 5.74) is 1.49. The van der Waals surface area contributed by atoms with Gasteiger partial charge in [0.25, 0.3) is 0 Å². The number of hydrogen-bond donors (Lipinski definition) is 1. The highest BCUT2D eigenvalue weighted by Gasteiger charge is 2.33. The molecule has 0 aromatic heterocycles. The zero-order valence-corrected chi connectivity index (χ0v) is 10.2. The normalized spacial score (nSPS) is 24.2. The number of nitrogens with one attached hydrogen (secondary N) is 1. The van der Waals surface area contributed by atoms with Crippen molar-refractivity contribution in [3.8, 4) is 0 Å². The Balaban J connectivity index is 2.13. The lowest BCUT2D eigenvalue weighted by Crippen LogP contribution is -2.54. The summed E-state index contributed by atoms with van der Waals surface area (Å²) in [6, 6.07) is 10.9. The fourth-order valence-electron chi connectivity index (χ4n) is 2.35. The molecule has 0 unspecified atom stereocenters. The van der Waals surface area contributed by atoms with Crippen molar-refractivity contribution in [3.05, 3.63) is 35.9 Å². The van der Waals surface area contributed by atoms with Crippen LogP contribution in [0.5, 0.6) is 0 Å². The van der Waals surface area contributed by atoms with Crippen molar-refractivity contribution in [2.75, 3.05) is 13.2 Å². The lowest BCUT2D eigenvalue weighted by Gasteiger charge is -2.41. The molecule has 0 amide bonds. The molecule has 2 heteroatoms. The lowest BCUT2D eigenvalue weighted by atomic mass is 9.90. The first-order valence-electron chi connectivity index (χ1n) is 6.20. The number of morpholine rings is 1. The maximum Gasteiger partial charge on any atom is 0.0662 e. The molecule has 0 radical (unpaired) electrons. The van der Waals surface area contributed by atoms with Crippen LogP contribution in [0.15, 0.2) is 30.3 Å². The SMILES string of the molecule is CCC1(CC)COC[C@H](c2ccccc2)N1. The van der Waals surface area contributed by atoms with Crippen molar-refractivity contribution in [2.24, 2.45) is 0 Å². The smallest absolute Gasteiger partial charge is 0.0662 e. The molecule has 1 N–H and O–H groups in total. The molecular formula is C14H21NO. The molecule has 0 spiro atoms. The summed E-state index contributed by atoms with van der Waals surface area (Å²) in [5, 5.41) is 3.76. The number of ether oxygens (including phenoxy) is 1. The van der Waals surface area contributed by atoms with Crippen molar-refractivity contribution in [1.29, 1.82) is 0 Å². The van der Waals surface area contributed by atoms with Crippen LogP contribution in [0.1, 0.15) is 38.3 Å². The highest BCUT2D eigenvalue weighted by atomic mass is 16.5. The van der Waals surface area contributed by atoms with E-state index in [1.165, 1.54) is 5.56 Å². The second kappa shape index (κ2) is 4.98. The van der Waals surface area contributed by atoms with Gasteiger partial charge in [0.05, 0.1) is 19.3 Å². The third-order valence-electron chi connectivity index (χ3n) is 3.70. The molecule has 1 aromatic rings. The van der Waals surface area contributed by atoms with Crippen molar-refractivity contribution in [3.63, 3.8) is 0 Å². The van der Waals surface area contributed by atoms with Gasteiger partial charge >= 0.3 is 0 Å². The Bertz CT molecular complexity index is 319. The van der Waals surface area contributed by atoms with Gasteiger partial charge < -0.3 is 10.1 Å². The average molecular weight is 219 g/mol. The minimum Gasteiger partial charge on any atom is -0.378 e. The van der Waals surface area contributed by atoms with E-state index in [4.69, 9.17) is 4.74 Å². The van der Waals surface area contributed by atoms with Crippen LogP contribution in [-0.4, -0.2) is 18.8 Å². The third-order valence-corrected chi connectivity index (χ3v) is 3.70. The van der Waals surface area contributed by atoms with E-state index < -0.39 is 0 Å². The molecule has 2 nitrogen and oxygen atoms in total. The molecule has 1 aliphatic heterocycles. The van der Waals surface area contributed by atoms with Crippen LogP contribution in [-0.2, 0) is 4.74 Å². The number of hydrogen-bond acceptors (Lipinski definition) is 2. The van der Waals surface area contributed by atoms with Crippen molar-refractivity contribution in [2.45, 2.75) is 38.3 Å². The van der Waals surface area contributed by atoms with E-state index in [1.54, 1.807) is 0 Å². The number of benzene rings is 1. The summed E-state index contributed by atoms with van der Waals surface area (Å²) in [7, 11) is 0. The van der Waals surface area contributed by atoms with Gasteiger partial charge in [-0.2, -0.15) is 0 Å². The van der Waals surface area contributed by atoms with Gasteiger partial charge in [0, 0.05) is 5.54 Å². The van der Waals surface area contributed by atoms with E-state index in [0.717, 1.165) is 26.1 Å². The molecule has 1 fully saturated rings. The third kappa shape index (κ3) is 2.28. The van der Waals surface area contributed by atoms with Gasteiger partial charge in [0.15, 0.2) is 0 Å². The standard InChI is InChI=1S/C14H21NO/c1-3-14(4-2)11-16-10-13(15-14)12-8-6-5-7-9-12/h5-9,13,15H,3-4,10-11H2,1-2H3/t13-/m1/s1. The summed E-state index contributed by atoms with van der Waals surface area (Å²) in [5.74, 6) is 0. The van der Waals surface area contributed by atoms with Gasteiger partial charge in [0.1, 0.15) is 0 Å². The first kappa shape index (κ1) is 11.6. The minimum absolute atomic E-state index is 0.165. The molecule has 0 saturated carbocycles. The molecule has 2 rings (SSSR count). The van der Waals surface area contributed by atoms with E-state index in [2.05, 4.69) is 49.5 Å². The Morgan fingerprint density at radius 1 is 1.25 bits per heavy atom. The number of rotatable bonds is 3. The molecule has 0 bridgehead atoms. The predicted molar refractivity (Wildman–Crippen MR) is 66.5 cm³/mol. The van der Waals surface area contributed by atoms with Crippen LogP contribution in [0.25, 0.3) is 0 Å². The Morgan fingerprint density at radius 3 is 2.56 bits per heavy atom. The van der Waals surface area contributed by atoms with Crippen LogP contribution < -0.4 is 5.32 Å². The zero-order chi connectivity index (χ0) is 11.4. The molecule has 1 atom stereocenters. The molecule has 1 aliphatic rings. The molecule has 1 saturated heterocycles. The second-order valence-electron chi connectivity index (χ2n) is 4.61.